The molecular formula is C24H27N7O6. The number of carboxylic acids is 1. The highest BCUT2D eigenvalue weighted by atomic mass is 16.6. The number of carbonyl (C=O) groups excluding carboxylic acids is 2. The van der Waals surface area contributed by atoms with Gasteiger partial charge in [-0.1, -0.05) is 6.07 Å². The standard InChI is InChI=1S/C24H27N7O6/c1-24(2,3)37-18(32)11-31-12-25-21(30-31)14-6-5-7-15(20(14)36-4)26-16-10-17(27-22(33)13-8-9-13)28-29-19(16)23(34)35/h5-7,10,12-13H,8-9,11H2,1-4H3,(H,34,35)(H2,26,27,28,33). The lowest BCUT2D eigenvalue weighted by Gasteiger charge is -2.19. The number of carbonyl (C=O) groups is 3. The van der Waals surface area contributed by atoms with Gasteiger partial charge in [0.2, 0.25) is 5.91 Å². The second-order valence-corrected chi connectivity index (χ2v) is 9.42. The minimum absolute atomic E-state index is 0.0586. The number of esters is 1. The van der Waals surface area contributed by atoms with Crippen LogP contribution < -0.4 is 15.4 Å². The van der Waals surface area contributed by atoms with E-state index in [0.717, 1.165) is 12.8 Å². The number of nitrogens with one attached hydrogen (secondary N) is 2. The highest BCUT2D eigenvalue weighted by molar-refractivity contribution is 5.96. The third-order valence-electron chi connectivity index (χ3n) is 5.17. The summed E-state index contributed by atoms with van der Waals surface area (Å²) in [5.74, 6) is -1.26. The molecule has 13 heteroatoms. The van der Waals surface area contributed by atoms with Crippen molar-refractivity contribution in [3.05, 3.63) is 36.3 Å². The summed E-state index contributed by atoms with van der Waals surface area (Å²) >= 11 is 0. The number of benzene rings is 1. The number of amides is 1. The van der Waals surface area contributed by atoms with E-state index in [1.165, 1.54) is 24.2 Å². The molecule has 2 aromatic heterocycles. The number of ether oxygens (including phenoxy) is 2. The Morgan fingerprint density at radius 2 is 1.92 bits per heavy atom. The number of nitrogens with zero attached hydrogens (tertiary/aromatic N) is 5. The summed E-state index contributed by atoms with van der Waals surface area (Å²) in [6.45, 7) is 5.21. The highest BCUT2D eigenvalue weighted by Gasteiger charge is 2.30. The van der Waals surface area contributed by atoms with E-state index < -0.39 is 17.5 Å². The molecule has 4 rings (SSSR count). The fraction of sp³-hybridized carbons (Fsp3) is 0.375. The molecule has 1 saturated carbocycles. The van der Waals surface area contributed by atoms with Gasteiger partial charge >= 0.3 is 11.9 Å². The van der Waals surface area contributed by atoms with E-state index in [4.69, 9.17) is 9.47 Å². The molecule has 2 heterocycles. The molecule has 1 aliphatic rings. The second-order valence-electron chi connectivity index (χ2n) is 9.42. The smallest absolute Gasteiger partial charge is 0.358 e. The van der Waals surface area contributed by atoms with Gasteiger partial charge in [0, 0.05) is 12.0 Å². The molecule has 0 unspecified atom stereocenters. The molecule has 194 valence electrons. The maximum Gasteiger partial charge on any atom is 0.358 e. The van der Waals surface area contributed by atoms with Gasteiger partial charge in [-0.15, -0.1) is 10.2 Å². The second kappa shape index (κ2) is 10.2. The summed E-state index contributed by atoms with van der Waals surface area (Å²) < 4.78 is 12.3. The van der Waals surface area contributed by atoms with Gasteiger partial charge in [-0.3, -0.25) is 9.59 Å². The molecule has 0 atom stereocenters. The summed E-state index contributed by atoms with van der Waals surface area (Å²) in [4.78, 5) is 40.3. The SMILES string of the molecule is COc1c(Nc2cc(NC(=O)C3CC3)nnc2C(=O)O)cccc1-c1ncn(CC(=O)OC(C)(C)C)n1. The number of methoxy groups -OCH3 is 1. The molecule has 1 fully saturated rings. The first-order valence-corrected chi connectivity index (χ1v) is 11.5. The molecule has 1 amide bonds. The maximum atomic E-state index is 12.1. The number of hydrogen-bond acceptors (Lipinski definition) is 10. The van der Waals surface area contributed by atoms with Crippen LogP contribution in [0.4, 0.5) is 17.2 Å². The lowest BCUT2D eigenvalue weighted by atomic mass is 10.1. The molecule has 0 spiro atoms. The molecule has 3 N–H and O–H groups in total. The number of para-hydroxylation sites is 1. The van der Waals surface area contributed by atoms with E-state index in [0.29, 0.717) is 17.0 Å². The third-order valence-corrected chi connectivity index (χ3v) is 5.17. The van der Waals surface area contributed by atoms with Crippen LogP contribution in [-0.2, 0) is 20.9 Å². The molecule has 13 nitrogen and oxygen atoms in total. The van der Waals surface area contributed by atoms with Crippen molar-refractivity contribution in [2.45, 2.75) is 45.8 Å². The average Bonchev–Trinajstić information content (AvgIpc) is 3.57. The molecule has 0 aliphatic heterocycles. The number of aromatic nitrogens is 5. The van der Waals surface area contributed by atoms with E-state index in [-0.39, 0.29) is 41.4 Å². The quantitative estimate of drug-likeness (QED) is 0.362. The summed E-state index contributed by atoms with van der Waals surface area (Å²) in [5.41, 5.74) is 0.0418. The van der Waals surface area contributed by atoms with Gasteiger partial charge in [-0.2, -0.15) is 5.10 Å². The van der Waals surface area contributed by atoms with Gasteiger partial charge in [0.05, 0.1) is 24.0 Å². The molecule has 3 aromatic rings. The summed E-state index contributed by atoms with van der Waals surface area (Å²) in [7, 11) is 1.45. The van der Waals surface area contributed by atoms with Crippen LogP contribution in [-0.4, -0.2) is 60.6 Å². The van der Waals surface area contributed by atoms with Crippen LogP contribution in [0.3, 0.4) is 0 Å². The molecule has 1 aliphatic carbocycles. The van der Waals surface area contributed by atoms with Crippen LogP contribution in [0.2, 0.25) is 0 Å². The van der Waals surface area contributed by atoms with Crippen molar-refractivity contribution in [2.24, 2.45) is 5.92 Å². The van der Waals surface area contributed by atoms with E-state index in [2.05, 4.69) is 30.9 Å². The number of hydrogen-bond donors (Lipinski definition) is 3. The van der Waals surface area contributed by atoms with Crippen molar-refractivity contribution >= 4 is 35.0 Å². The Hall–Kier alpha value is -4.55. The van der Waals surface area contributed by atoms with E-state index in [1.807, 2.05) is 0 Å². The molecule has 37 heavy (non-hydrogen) atoms. The average molecular weight is 510 g/mol. The fourth-order valence-electron chi connectivity index (χ4n) is 3.46. The zero-order valence-corrected chi connectivity index (χ0v) is 20.8. The minimum atomic E-state index is -1.30. The van der Waals surface area contributed by atoms with Crippen LogP contribution in [0.15, 0.2) is 30.6 Å². The topological polar surface area (TPSA) is 170 Å². The Bertz CT molecular complexity index is 1340. The first-order valence-electron chi connectivity index (χ1n) is 11.5. The van der Waals surface area contributed by atoms with Crippen molar-refractivity contribution in [3.8, 4) is 17.1 Å². The van der Waals surface area contributed by atoms with E-state index in [9.17, 15) is 19.5 Å². The van der Waals surface area contributed by atoms with Crippen molar-refractivity contribution in [3.63, 3.8) is 0 Å². The fourth-order valence-corrected chi connectivity index (χ4v) is 3.46. The largest absolute Gasteiger partial charge is 0.494 e. The first kappa shape index (κ1) is 25.5. The van der Waals surface area contributed by atoms with Crippen molar-refractivity contribution in [1.82, 2.24) is 25.0 Å². The van der Waals surface area contributed by atoms with Crippen LogP contribution in [0.1, 0.15) is 44.1 Å². The Labute approximate surface area is 212 Å². The zero-order valence-electron chi connectivity index (χ0n) is 20.8. The number of rotatable bonds is 9. The molecular weight excluding hydrogens is 482 g/mol. The summed E-state index contributed by atoms with van der Waals surface area (Å²) in [5, 5.41) is 27.2. The predicted molar refractivity (Wildman–Crippen MR) is 131 cm³/mol. The number of anilines is 3. The highest BCUT2D eigenvalue weighted by Crippen LogP contribution is 2.37. The molecule has 1 aromatic carbocycles. The van der Waals surface area contributed by atoms with Crippen LogP contribution in [0, 0.1) is 5.92 Å². The molecule has 0 bridgehead atoms. The van der Waals surface area contributed by atoms with Crippen LogP contribution in [0.25, 0.3) is 11.4 Å². The van der Waals surface area contributed by atoms with Crippen LogP contribution >= 0.6 is 0 Å². The number of carboxylic acid groups (broad SMARTS) is 1. The van der Waals surface area contributed by atoms with Gasteiger partial charge in [0.1, 0.15) is 18.5 Å². The van der Waals surface area contributed by atoms with Gasteiger partial charge < -0.3 is 25.2 Å². The van der Waals surface area contributed by atoms with Gasteiger partial charge in [-0.05, 0) is 45.7 Å². The molecule has 0 radical (unpaired) electrons. The van der Waals surface area contributed by atoms with E-state index >= 15 is 0 Å². The summed E-state index contributed by atoms with van der Waals surface area (Å²) in [6.07, 6.45) is 3.02. The minimum Gasteiger partial charge on any atom is -0.494 e. The summed E-state index contributed by atoms with van der Waals surface area (Å²) in [6, 6.07) is 6.51. The first-order chi connectivity index (χ1) is 17.5. The van der Waals surface area contributed by atoms with Crippen molar-refractivity contribution < 1.29 is 29.0 Å². The monoisotopic (exact) mass is 509 g/mol. The van der Waals surface area contributed by atoms with Crippen LogP contribution in [0.5, 0.6) is 5.75 Å². The van der Waals surface area contributed by atoms with E-state index in [1.54, 1.807) is 39.0 Å². The lowest BCUT2D eigenvalue weighted by Crippen LogP contribution is -2.26. The lowest BCUT2D eigenvalue weighted by molar-refractivity contribution is -0.155. The van der Waals surface area contributed by atoms with Crippen molar-refractivity contribution in [2.75, 3.05) is 17.7 Å². The normalized spacial score (nSPS) is 13.1. The zero-order chi connectivity index (χ0) is 26.7. The van der Waals surface area contributed by atoms with Gasteiger partial charge in [0.25, 0.3) is 0 Å². The Balaban J connectivity index is 1.60. The Morgan fingerprint density at radius 3 is 2.57 bits per heavy atom. The Kier molecular flexibility index (Phi) is 7.05. The number of aromatic carboxylic acids is 1. The third kappa shape index (κ3) is 6.37. The Morgan fingerprint density at radius 1 is 1.16 bits per heavy atom. The predicted octanol–water partition coefficient (Wildman–Crippen LogP) is 2.88. The molecule has 0 saturated heterocycles. The maximum absolute atomic E-state index is 12.1. The van der Waals surface area contributed by atoms with Gasteiger partial charge in [0.15, 0.2) is 23.1 Å². The van der Waals surface area contributed by atoms with Crippen molar-refractivity contribution in [1.29, 1.82) is 0 Å². The van der Waals surface area contributed by atoms with Gasteiger partial charge in [-0.25, -0.2) is 14.5 Å².